The van der Waals surface area contributed by atoms with Crippen LogP contribution in [-0.4, -0.2) is 39.1 Å². The Balaban J connectivity index is 1.99. The van der Waals surface area contributed by atoms with Gasteiger partial charge >= 0.3 is 12.1 Å². The van der Waals surface area contributed by atoms with Gasteiger partial charge in [-0.15, -0.1) is 0 Å². The van der Waals surface area contributed by atoms with Crippen molar-refractivity contribution in [3.63, 3.8) is 0 Å². The van der Waals surface area contributed by atoms with Gasteiger partial charge in [0, 0.05) is 18.3 Å². The second kappa shape index (κ2) is 7.99. The van der Waals surface area contributed by atoms with Gasteiger partial charge in [-0.2, -0.15) is 5.10 Å². The fraction of sp³-hybridized carbons (Fsp3) is 0.389. The molecule has 1 heterocycles. The SMILES string of the molecule is CC(C)(C)OC(=O)NCCn1ccc(-c2cc(CC(=O)O)ccc2F)n1. The van der Waals surface area contributed by atoms with Crippen LogP contribution in [0.2, 0.25) is 0 Å². The number of nitrogens with one attached hydrogen (secondary N) is 1. The van der Waals surface area contributed by atoms with E-state index in [0.29, 0.717) is 24.3 Å². The van der Waals surface area contributed by atoms with Crippen molar-refractivity contribution in [3.8, 4) is 11.3 Å². The highest BCUT2D eigenvalue weighted by molar-refractivity contribution is 5.71. The number of alkyl carbamates (subject to hydrolysis) is 1. The van der Waals surface area contributed by atoms with E-state index in [4.69, 9.17) is 9.84 Å². The number of amides is 1. The number of aromatic nitrogens is 2. The molecule has 0 saturated carbocycles. The lowest BCUT2D eigenvalue weighted by molar-refractivity contribution is -0.136. The summed E-state index contributed by atoms with van der Waals surface area (Å²) >= 11 is 0. The van der Waals surface area contributed by atoms with E-state index in [1.54, 1.807) is 37.7 Å². The third-order valence-corrected chi connectivity index (χ3v) is 3.31. The molecule has 1 amide bonds. The minimum atomic E-state index is -0.985. The molecule has 8 heteroatoms. The number of carbonyl (C=O) groups excluding carboxylic acids is 1. The minimum absolute atomic E-state index is 0.187. The third kappa shape index (κ3) is 5.87. The summed E-state index contributed by atoms with van der Waals surface area (Å²) in [6, 6.07) is 5.79. The molecule has 0 bridgehead atoms. The zero-order valence-electron chi connectivity index (χ0n) is 15.0. The second-order valence-corrected chi connectivity index (χ2v) is 6.78. The highest BCUT2D eigenvalue weighted by Gasteiger charge is 2.15. The number of rotatable bonds is 6. The van der Waals surface area contributed by atoms with Gasteiger partial charge in [-0.3, -0.25) is 9.48 Å². The topological polar surface area (TPSA) is 93.5 Å². The summed E-state index contributed by atoms with van der Waals surface area (Å²) in [6.45, 7) is 6.02. The first kappa shape index (κ1) is 19.4. The molecule has 1 aromatic carbocycles. The highest BCUT2D eigenvalue weighted by Crippen LogP contribution is 2.22. The zero-order chi connectivity index (χ0) is 19.3. The van der Waals surface area contributed by atoms with Gasteiger partial charge in [-0.05, 0) is 44.5 Å². The van der Waals surface area contributed by atoms with Gasteiger partial charge in [0.15, 0.2) is 0 Å². The summed E-state index contributed by atoms with van der Waals surface area (Å²) in [5.41, 5.74) is 0.561. The van der Waals surface area contributed by atoms with Gasteiger partial charge in [0.1, 0.15) is 11.4 Å². The van der Waals surface area contributed by atoms with Crippen molar-refractivity contribution >= 4 is 12.1 Å². The fourth-order valence-corrected chi connectivity index (χ4v) is 2.27. The van der Waals surface area contributed by atoms with E-state index in [2.05, 4.69) is 10.4 Å². The summed E-state index contributed by atoms with van der Waals surface area (Å²) in [5, 5.41) is 15.7. The number of benzene rings is 1. The van der Waals surface area contributed by atoms with Crippen molar-refractivity contribution in [1.82, 2.24) is 15.1 Å². The number of halogens is 1. The van der Waals surface area contributed by atoms with Gasteiger partial charge in [-0.1, -0.05) is 6.07 Å². The largest absolute Gasteiger partial charge is 0.481 e. The molecule has 2 aromatic rings. The normalized spacial score (nSPS) is 11.2. The van der Waals surface area contributed by atoms with E-state index in [-0.39, 0.29) is 12.0 Å². The van der Waals surface area contributed by atoms with Crippen LogP contribution in [0.15, 0.2) is 30.5 Å². The lowest BCUT2D eigenvalue weighted by atomic mass is 10.1. The van der Waals surface area contributed by atoms with Gasteiger partial charge < -0.3 is 15.2 Å². The number of carboxylic acids is 1. The number of nitrogens with zero attached hydrogens (tertiary/aromatic N) is 2. The maximum absolute atomic E-state index is 14.0. The monoisotopic (exact) mass is 363 g/mol. The summed E-state index contributed by atoms with van der Waals surface area (Å²) in [5.74, 6) is -1.46. The van der Waals surface area contributed by atoms with E-state index in [0.717, 1.165) is 0 Å². The second-order valence-electron chi connectivity index (χ2n) is 6.78. The molecule has 1 aromatic heterocycles. The molecule has 0 unspecified atom stereocenters. The Hall–Kier alpha value is -2.90. The molecule has 140 valence electrons. The minimum Gasteiger partial charge on any atom is -0.481 e. The first-order valence-electron chi connectivity index (χ1n) is 8.15. The van der Waals surface area contributed by atoms with Crippen molar-refractivity contribution < 1.29 is 23.8 Å². The molecule has 0 atom stereocenters. The van der Waals surface area contributed by atoms with Crippen molar-refractivity contribution in [1.29, 1.82) is 0 Å². The van der Waals surface area contributed by atoms with E-state index >= 15 is 0 Å². The predicted molar refractivity (Wildman–Crippen MR) is 93.2 cm³/mol. The van der Waals surface area contributed by atoms with Crippen molar-refractivity contribution in [2.24, 2.45) is 0 Å². The number of carboxylic acid groups (broad SMARTS) is 1. The van der Waals surface area contributed by atoms with Crippen LogP contribution in [0.3, 0.4) is 0 Å². The standard InChI is InChI=1S/C18H22FN3O4/c1-18(2,3)26-17(25)20-7-9-22-8-6-15(21-22)13-10-12(11-16(23)24)4-5-14(13)19/h4-6,8,10H,7,9,11H2,1-3H3,(H,20,25)(H,23,24). The van der Waals surface area contributed by atoms with E-state index in [1.165, 1.54) is 18.2 Å². The smallest absolute Gasteiger partial charge is 0.407 e. The predicted octanol–water partition coefficient (Wildman–Crippen LogP) is 2.84. The number of aliphatic carboxylic acids is 1. The van der Waals surface area contributed by atoms with Gasteiger partial charge in [0.2, 0.25) is 0 Å². The van der Waals surface area contributed by atoms with Crippen LogP contribution in [0.25, 0.3) is 11.3 Å². The Labute approximate surface area is 150 Å². The first-order chi connectivity index (χ1) is 12.1. The maximum atomic E-state index is 14.0. The summed E-state index contributed by atoms with van der Waals surface area (Å²) in [4.78, 5) is 22.4. The third-order valence-electron chi connectivity index (χ3n) is 3.31. The number of carbonyl (C=O) groups is 2. The van der Waals surface area contributed by atoms with Crippen LogP contribution in [0.1, 0.15) is 26.3 Å². The molecule has 0 aliphatic heterocycles. The molecule has 26 heavy (non-hydrogen) atoms. The molecular weight excluding hydrogens is 341 g/mol. The quantitative estimate of drug-likeness (QED) is 0.823. The first-order valence-corrected chi connectivity index (χ1v) is 8.15. The van der Waals surface area contributed by atoms with Crippen LogP contribution in [0.4, 0.5) is 9.18 Å². The van der Waals surface area contributed by atoms with Crippen LogP contribution >= 0.6 is 0 Å². The number of hydrogen-bond donors (Lipinski definition) is 2. The molecular formula is C18H22FN3O4. The molecule has 2 rings (SSSR count). The lowest BCUT2D eigenvalue weighted by Crippen LogP contribution is -2.34. The van der Waals surface area contributed by atoms with E-state index in [1.807, 2.05) is 0 Å². The Kier molecular flexibility index (Phi) is 5.97. The summed E-state index contributed by atoms with van der Waals surface area (Å²) < 4.78 is 20.7. The van der Waals surface area contributed by atoms with E-state index < -0.39 is 23.5 Å². The van der Waals surface area contributed by atoms with Gasteiger partial charge in [0.25, 0.3) is 0 Å². The lowest BCUT2D eigenvalue weighted by Gasteiger charge is -2.19. The molecule has 0 aliphatic rings. The van der Waals surface area contributed by atoms with Crippen molar-refractivity contribution in [2.75, 3.05) is 6.54 Å². The Morgan fingerprint density at radius 3 is 2.69 bits per heavy atom. The average Bonchev–Trinajstić information content (AvgIpc) is 2.95. The van der Waals surface area contributed by atoms with Crippen LogP contribution in [-0.2, 0) is 22.5 Å². The van der Waals surface area contributed by atoms with Crippen LogP contribution < -0.4 is 5.32 Å². The van der Waals surface area contributed by atoms with Crippen molar-refractivity contribution in [3.05, 3.63) is 41.8 Å². The summed E-state index contributed by atoms with van der Waals surface area (Å²) in [7, 11) is 0. The maximum Gasteiger partial charge on any atom is 0.407 e. The Morgan fingerprint density at radius 2 is 2.04 bits per heavy atom. The fourth-order valence-electron chi connectivity index (χ4n) is 2.27. The Morgan fingerprint density at radius 1 is 1.31 bits per heavy atom. The van der Waals surface area contributed by atoms with E-state index in [9.17, 15) is 14.0 Å². The molecule has 0 saturated heterocycles. The Bertz CT molecular complexity index is 796. The zero-order valence-corrected chi connectivity index (χ0v) is 15.0. The molecule has 0 aliphatic carbocycles. The molecule has 0 fully saturated rings. The van der Waals surface area contributed by atoms with Crippen molar-refractivity contribution in [2.45, 2.75) is 39.3 Å². The number of ether oxygens (including phenoxy) is 1. The van der Waals surface area contributed by atoms with Gasteiger partial charge in [-0.25, -0.2) is 9.18 Å². The highest BCUT2D eigenvalue weighted by atomic mass is 19.1. The summed E-state index contributed by atoms with van der Waals surface area (Å²) in [6.07, 6.45) is 0.959. The molecule has 2 N–H and O–H groups in total. The van der Waals surface area contributed by atoms with Crippen LogP contribution in [0.5, 0.6) is 0 Å². The number of hydrogen-bond acceptors (Lipinski definition) is 4. The molecule has 0 radical (unpaired) electrons. The van der Waals surface area contributed by atoms with Gasteiger partial charge in [0.05, 0.1) is 18.7 Å². The van der Waals surface area contributed by atoms with Crippen LogP contribution in [0, 0.1) is 5.82 Å². The molecule has 7 nitrogen and oxygen atoms in total. The molecule has 0 spiro atoms. The average molecular weight is 363 g/mol.